The van der Waals surface area contributed by atoms with E-state index in [1.807, 2.05) is 4.90 Å². The van der Waals surface area contributed by atoms with Gasteiger partial charge in [0.15, 0.2) is 11.6 Å². The smallest absolute Gasteiger partial charge is 0.311 e. The Morgan fingerprint density at radius 1 is 1.59 bits per heavy atom. The van der Waals surface area contributed by atoms with Gasteiger partial charge in [0.25, 0.3) is 0 Å². The van der Waals surface area contributed by atoms with Crippen molar-refractivity contribution in [3.8, 4) is 5.75 Å². The van der Waals surface area contributed by atoms with Crippen molar-refractivity contribution in [2.75, 3.05) is 33.4 Å². The first-order valence-electron chi connectivity index (χ1n) is 7.41. The van der Waals surface area contributed by atoms with Gasteiger partial charge in [0.2, 0.25) is 0 Å². The van der Waals surface area contributed by atoms with E-state index in [0.717, 1.165) is 0 Å². The van der Waals surface area contributed by atoms with Crippen molar-refractivity contribution in [1.82, 2.24) is 4.90 Å². The Morgan fingerprint density at radius 2 is 2.41 bits per heavy atom. The third-order valence-corrected chi connectivity index (χ3v) is 4.86. The Hall–Kier alpha value is -1.66. The van der Waals surface area contributed by atoms with Crippen LogP contribution in [-0.4, -0.2) is 49.4 Å². The molecule has 0 bridgehead atoms. The Morgan fingerprint density at radius 3 is 3.09 bits per heavy atom. The summed E-state index contributed by atoms with van der Waals surface area (Å²) in [4.78, 5) is 13.8. The average Bonchev–Trinajstić information content (AvgIpc) is 2.89. The van der Waals surface area contributed by atoms with Crippen LogP contribution >= 0.6 is 0 Å². The van der Waals surface area contributed by atoms with E-state index >= 15 is 0 Å². The van der Waals surface area contributed by atoms with Gasteiger partial charge in [0.05, 0.1) is 19.1 Å². The first-order chi connectivity index (χ1) is 10.6. The number of ether oxygens (including phenoxy) is 2. The molecule has 120 valence electrons. The molecule has 2 atom stereocenters. The van der Waals surface area contributed by atoms with E-state index in [9.17, 15) is 14.3 Å². The van der Waals surface area contributed by atoms with Crippen LogP contribution in [0.15, 0.2) is 18.2 Å². The van der Waals surface area contributed by atoms with Gasteiger partial charge in [0.1, 0.15) is 0 Å². The molecule has 1 N–H and O–H groups in total. The van der Waals surface area contributed by atoms with Crippen LogP contribution in [-0.2, 0) is 16.1 Å². The van der Waals surface area contributed by atoms with Gasteiger partial charge in [-0.3, -0.25) is 9.69 Å². The lowest BCUT2D eigenvalue weighted by molar-refractivity contribution is -0.157. The Bertz CT molecular complexity index is 579. The van der Waals surface area contributed by atoms with Crippen LogP contribution in [0.25, 0.3) is 0 Å². The third kappa shape index (κ3) is 2.46. The quantitative estimate of drug-likeness (QED) is 0.918. The summed E-state index contributed by atoms with van der Waals surface area (Å²) < 4.78 is 24.7. The summed E-state index contributed by atoms with van der Waals surface area (Å²) in [5, 5.41) is 9.64. The molecule has 0 saturated carbocycles. The van der Waals surface area contributed by atoms with E-state index in [2.05, 4.69) is 0 Å². The monoisotopic (exact) mass is 309 g/mol. The molecule has 0 aliphatic carbocycles. The topological polar surface area (TPSA) is 59.0 Å². The summed E-state index contributed by atoms with van der Waals surface area (Å²) in [6.45, 7) is 2.37. The van der Waals surface area contributed by atoms with E-state index in [1.54, 1.807) is 18.2 Å². The number of carbonyl (C=O) groups is 1. The molecule has 22 heavy (non-hydrogen) atoms. The number of benzene rings is 1. The fourth-order valence-electron chi connectivity index (χ4n) is 3.60. The molecule has 2 heterocycles. The van der Waals surface area contributed by atoms with E-state index in [1.165, 1.54) is 7.11 Å². The normalized spacial score (nSPS) is 28.4. The number of fused-ring (bicyclic) bond motifs is 1. The zero-order valence-corrected chi connectivity index (χ0v) is 12.5. The van der Waals surface area contributed by atoms with Gasteiger partial charge < -0.3 is 14.6 Å². The Labute approximate surface area is 128 Å². The lowest BCUT2D eigenvalue weighted by Gasteiger charge is -2.34. The molecule has 0 aromatic heterocycles. The molecule has 0 unspecified atom stereocenters. The van der Waals surface area contributed by atoms with Crippen molar-refractivity contribution in [2.45, 2.75) is 13.0 Å². The summed E-state index contributed by atoms with van der Waals surface area (Å²) in [5.41, 5.74) is -0.229. The highest BCUT2D eigenvalue weighted by molar-refractivity contribution is 5.76. The zero-order chi connectivity index (χ0) is 15.7. The highest BCUT2D eigenvalue weighted by Crippen LogP contribution is 2.43. The van der Waals surface area contributed by atoms with Gasteiger partial charge in [0, 0.05) is 37.7 Å². The number of carboxylic acids is 1. The molecular formula is C16H20FNO4. The van der Waals surface area contributed by atoms with Crippen molar-refractivity contribution in [3.05, 3.63) is 29.6 Å². The number of nitrogens with zero attached hydrogens (tertiary/aromatic N) is 1. The minimum absolute atomic E-state index is 0.0348. The lowest BCUT2D eigenvalue weighted by Crippen LogP contribution is -2.44. The molecule has 1 aromatic carbocycles. The minimum Gasteiger partial charge on any atom is -0.494 e. The highest BCUT2D eigenvalue weighted by Gasteiger charge is 2.53. The van der Waals surface area contributed by atoms with Crippen LogP contribution in [0.1, 0.15) is 12.0 Å². The number of likely N-dealkylation sites (tertiary alicyclic amines) is 1. The van der Waals surface area contributed by atoms with Crippen molar-refractivity contribution < 1.29 is 23.8 Å². The average molecular weight is 309 g/mol. The molecule has 2 aliphatic rings. The lowest BCUT2D eigenvalue weighted by atomic mass is 9.74. The van der Waals surface area contributed by atoms with Crippen molar-refractivity contribution in [2.24, 2.45) is 11.3 Å². The molecule has 0 amide bonds. The molecule has 2 saturated heterocycles. The molecule has 2 fully saturated rings. The number of rotatable bonds is 4. The predicted octanol–water partition coefficient (Wildman–Crippen LogP) is 1.76. The van der Waals surface area contributed by atoms with Crippen LogP contribution in [0.4, 0.5) is 4.39 Å². The van der Waals surface area contributed by atoms with E-state index < -0.39 is 11.4 Å². The van der Waals surface area contributed by atoms with Gasteiger partial charge in [-0.25, -0.2) is 4.39 Å². The summed E-state index contributed by atoms with van der Waals surface area (Å²) >= 11 is 0. The number of aliphatic carboxylic acids is 1. The van der Waals surface area contributed by atoms with Gasteiger partial charge in [-0.2, -0.15) is 0 Å². The Kier molecular flexibility index (Phi) is 4.06. The van der Waals surface area contributed by atoms with E-state index in [4.69, 9.17) is 9.47 Å². The summed E-state index contributed by atoms with van der Waals surface area (Å²) in [5.74, 6) is -0.965. The largest absolute Gasteiger partial charge is 0.494 e. The molecule has 1 aromatic rings. The van der Waals surface area contributed by atoms with E-state index in [0.29, 0.717) is 44.8 Å². The number of methoxy groups -OCH3 is 1. The predicted molar refractivity (Wildman–Crippen MR) is 77.2 cm³/mol. The van der Waals surface area contributed by atoms with E-state index in [-0.39, 0.29) is 17.5 Å². The standard InChI is InChI=1S/C16H20FNO4/c1-21-13-4-2-3-11(14(13)17)7-18-8-12-9-22-6-5-16(12,10-18)15(19)20/h2-4,12H,5-10H2,1H3,(H,19,20)/t12-,16+/m1/s1. The molecule has 5 nitrogen and oxygen atoms in total. The molecule has 3 rings (SSSR count). The maximum atomic E-state index is 14.3. The number of halogens is 1. The number of carboxylic acid groups (broad SMARTS) is 1. The summed E-state index contributed by atoms with van der Waals surface area (Å²) in [7, 11) is 1.43. The van der Waals surface area contributed by atoms with Crippen molar-refractivity contribution in [3.63, 3.8) is 0 Å². The highest BCUT2D eigenvalue weighted by atomic mass is 19.1. The van der Waals surface area contributed by atoms with Crippen LogP contribution in [0, 0.1) is 17.2 Å². The molecule has 0 spiro atoms. The van der Waals surface area contributed by atoms with Crippen LogP contribution in [0.3, 0.4) is 0 Å². The second-order valence-corrected chi connectivity index (χ2v) is 6.09. The summed E-state index contributed by atoms with van der Waals surface area (Å²) in [6.07, 6.45) is 0.518. The Balaban J connectivity index is 1.79. The first-order valence-corrected chi connectivity index (χ1v) is 7.41. The maximum absolute atomic E-state index is 14.3. The van der Waals surface area contributed by atoms with Crippen LogP contribution in [0.2, 0.25) is 0 Å². The van der Waals surface area contributed by atoms with Crippen LogP contribution < -0.4 is 4.74 Å². The molecule has 0 radical (unpaired) electrons. The molecule has 2 aliphatic heterocycles. The third-order valence-electron chi connectivity index (χ3n) is 4.86. The van der Waals surface area contributed by atoms with Gasteiger partial charge in [-0.1, -0.05) is 12.1 Å². The van der Waals surface area contributed by atoms with Gasteiger partial charge >= 0.3 is 5.97 Å². The minimum atomic E-state index is -0.769. The first kappa shape index (κ1) is 15.2. The molecule has 6 heteroatoms. The number of hydrogen-bond acceptors (Lipinski definition) is 4. The van der Waals surface area contributed by atoms with Gasteiger partial charge in [-0.05, 0) is 12.5 Å². The van der Waals surface area contributed by atoms with Gasteiger partial charge in [-0.15, -0.1) is 0 Å². The van der Waals surface area contributed by atoms with Crippen molar-refractivity contribution in [1.29, 1.82) is 0 Å². The maximum Gasteiger partial charge on any atom is 0.311 e. The van der Waals surface area contributed by atoms with Crippen molar-refractivity contribution >= 4 is 5.97 Å². The second-order valence-electron chi connectivity index (χ2n) is 6.09. The fourth-order valence-corrected chi connectivity index (χ4v) is 3.60. The fraction of sp³-hybridized carbons (Fsp3) is 0.562. The second kappa shape index (κ2) is 5.85. The SMILES string of the molecule is COc1cccc(CN2C[C@@H]3COCC[C@]3(C(=O)O)C2)c1F. The zero-order valence-electron chi connectivity index (χ0n) is 12.5. The molecular weight excluding hydrogens is 289 g/mol. The van der Waals surface area contributed by atoms with Crippen LogP contribution in [0.5, 0.6) is 5.75 Å². The number of hydrogen-bond donors (Lipinski definition) is 1. The summed E-state index contributed by atoms with van der Waals surface area (Å²) in [6, 6.07) is 5.04.